The minimum absolute atomic E-state index is 0.0485. The molecule has 0 radical (unpaired) electrons. The lowest BCUT2D eigenvalue weighted by Gasteiger charge is -1.96. The minimum atomic E-state index is -0.794. The van der Waals surface area contributed by atoms with E-state index in [0.29, 0.717) is 5.57 Å². The summed E-state index contributed by atoms with van der Waals surface area (Å²) in [5.41, 5.74) is 0.212. The molecule has 0 aliphatic heterocycles. The van der Waals surface area contributed by atoms with Gasteiger partial charge in [0, 0.05) is 5.57 Å². The van der Waals surface area contributed by atoms with Gasteiger partial charge >= 0.3 is 5.97 Å². The van der Waals surface area contributed by atoms with E-state index in [-0.39, 0.29) is 17.3 Å². The molecule has 0 aromatic rings. The summed E-state index contributed by atoms with van der Waals surface area (Å²) >= 11 is 0. The van der Waals surface area contributed by atoms with Crippen molar-refractivity contribution in [3.05, 3.63) is 24.3 Å². The van der Waals surface area contributed by atoms with Gasteiger partial charge in [0.1, 0.15) is 0 Å². The highest BCUT2D eigenvalue weighted by Gasteiger charge is 2.60. The fourth-order valence-electron chi connectivity index (χ4n) is 1.80. The monoisotopic (exact) mass is 191 g/mol. The molecule has 3 heteroatoms. The Hall–Kier alpha value is -1.56. The first-order chi connectivity index (χ1) is 6.45. The fraction of sp³-hybridized carbons (Fsp3) is 0.455. The van der Waals surface area contributed by atoms with Gasteiger partial charge in [-0.15, -0.1) is 0 Å². The third-order valence-corrected chi connectivity index (χ3v) is 2.88. The summed E-state index contributed by atoms with van der Waals surface area (Å²) in [5, 5.41) is 17.5. The normalized spacial score (nSPS) is 29.1. The van der Waals surface area contributed by atoms with Crippen LogP contribution >= 0.6 is 0 Å². The van der Waals surface area contributed by atoms with E-state index >= 15 is 0 Å². The van der Waals surface area contributed by atoms with E-state index in [2.05, 4.69) is 6.58 Å². The highest BCUT2D eigenvalue weighted by atomic mass is 16.4. The van der Waals surface area contributed by atoms with E-state index in [9.17, 15) is 4.79 Å². The molecule has 1 fully saturated rings. The van der Waals surface area contributed by atoms with Crippen LogP contribution in [0, 0.1) is 28.6 Å². The molecule has 0 saturated heterocycles. The van der Waals surface area contributed by atoms with Crippen LogP contribution < -0.4 is 0 Å². The van der Waals surface area contributed by atoms with Crippen LogP contribution in [0.2, 0.25) is 0 Å². The predicted molar refractivity (Wildman–Crippen MR) is 52.3 cm³/mol. The van der Waals surface area contributed by atoms with Crippen molar-refractivity contribution in [3.63, 3.8) is 0 Å². The average molecular weight is 191 g/mol. The lowest BCUT2D eigenvalue weighted by molar-refractivity contribution is -0.139. The fourth-order valence-corrected chi connectivity index (χ4v) is 1.80. The van der Waals surface area contributed by atoms with Crippen molar-refractivity contribution in [2.75, 3.05) is 0 Å². The van der Waals surface area contributed by atoms with E-state index in [1.54, 1.807) is 6.08 Å². The SMILES string of the molecule is C=C/C(C#N)=C/[C@@H]1[C@@H](C(=O)O)C1(C)C. The Kier molecular flexibility index (Phi) is 2.48. The van der Waals surface area contributed by atoms with Crippen molar-refractivity contribution < 1.29 is 9.90 Å². The first-order valence-corrected chi connectivity index (χ1v) is 4.42. The third kappa shape index (κ3) is 1.56. The van der Waals surface area contributed by atoms with Gasteiger partial charge in [0.15, 0.2) is 0 Å². The van der Waals surface area contributed by atoms with Crippen LogP contribution in [0.25, 0.3) is 0 Å². The quantitative estimate of drug-likeness (QED) is 0.548. The average Bonchev–Trinajstić information content (AvgIpc) is 2.63. The van der Waals surface area contributed by atoms with E-state index < -0.39 is 5.97 Å². The lowest BCUT2D eigenvalue weighted by Crippen LogP contribution is -2.03. The molecular weight excluding hydrogens is 178 g/mol. The van der Waals surface area contributed by atoms with Gasteiger partial charge < -0.3 is 5.11 Å². The zero-order valence-electron chi connectivity index (χ0n) is 8.32. The van der Waals surface area contributed by atoms with Gasteiger partial charge in [0.2, 0.25) is 0 Å². The van der Waals surface area contributed by atoms with Gasteiger partial charge in [-0.2, -0.15) is 5.26 Å². The molecule has 74 valence electrons. The summed E-state index contributed by atoms with van der Waals surface area (Å²) in [7, 11) is 0. The molecule has 0 aromatic heterocycles. The van der Waals surface area contributed by atoms with E-state index in [1.807, 2.05) is 19.9 Å². The smallest absolute Gasteiger partial charge is 0.307 e. The highest BCUT2D eigenvalue weighted by Crippen LogP contribution is 2.59. The Morgan fingerprint density at radius 2 is 2.21 bits per heavy atom. The third-order valence-electron chi connectivity index (χ3n) is 2.88. The number of carboxylic acids is 1. The number of carboxylic acid groups (broad SMARTS) is 1. The zero-order chi connectivity index (χ0) is 10.9. The zero-order valence-corrected chi connectivity index (χ0v) is 8.32. The molecule has 0 spiro atoms. The second-order valence-corrected chi connectivity index (χ2v) is 4.10. The first kappa shape index (κ1) is 10.5. The van der Waals surface area contributed by atoms with Gasteiger partial charge in [0.05, 0.1) is 12.0 Å². The van der Waals surface area contributed by atoms with Gasteiger partial charge in [-0.3, -0.25) is 4.79 Å². The van der Waals surface area contributed by atoms with Crippen LogP contribution in [0.5, 0.6) is 0 Å². The maximum atomic E-state index is 10.8. The van der Waals surface area contributed by atoms with Crippen LogP contribution in [0.3, 0.4) is 0 Å². The lowest BCUT2D eigenvalue weighted by atomic mass is 10.1. The van der Waals surface area contributed by atoms with Crippen molar-refractivity contribution in [2.45, 2.75) is 13.8 Å². The van der Waals surface area contributed by atoms with Gasteiger partial charge in [-0.05, 0) is 11.3 Å². The summed E-state index contributed by atoms with van der Waals surface area (Å²) < 4.78 is 0. The molecule has 1 saturated carbocycles. The largest absolute Gasteiger partial charge is 0.481 e. The van der Waals surface area contributed by atoms with Gasteiger partial charge in [-0.1, -0.05) is 32.6 Å². The molecule has 1 aliphatic carbocycles. The molecule has 3 nitrogen and oxygen atoms in total. The maximum Gasteiger partial charge on any atom is 0.307 e. The molecule has 0 aromatic carbocycles. The molecule has 1 aliphatic rings. The summed E-state index contributed by atoms with van der Waals surface area (Å²) in [6.45, 7) is 7.28. The number of nitrogens with zero attached hydrogens (tertiary/aromatic N) is 1. The molecular formula is C11H13NO2. The van der Waals surface area contributed by atoms with Crippen LogP contribution in [0.1, 0.15) is 13.8 Å². The second-order valence-electron chi connectivity index (χ2n) is 4.10. The Morgan fingerprint density at radius 1 is 1.64 bits per heavy atom. The maximum absolute atomic E-state index is 10.8. The minimum Gasteiger partial charge on any atom is -0.481 e. The number of carbonyl (C=O) groups is 1. The molecule has 1 rings (SSSR count). The summed E-state index contributed by atoms with van der Waals surface area (Å²) in [6, 6.07) is 1.97. The first-order valence-electron chi connectivity index (χ1n) is 4.42. The number of nitriles is 1. The summed E-state index contributed by atoms with van der Waals surface area (Å²) in [6.07, 6.45) is 3.15. The van der Waals surface area contributed by atoms with Crippen molar-refractivity contribution in [3.8, 4) is 6.07 Å². The number of allylic oxidation sites excluding steroid dienone is 3. The van der Waals surface area contributed by atoms with Crippen molar-refractivity contribution in [2.24, 2.45) is 17.3 Å². The molecule has 2 atom stereocenters. The van der Waals surface area contributed by atoms with Crippen LogP contribution in [-0.4, -0.2) is 11.1 Å². The van der Waals surface area contributed by atoms with Crippen LogP contribution in [0.15, 0.2) is 24.3 Å². The van der Waals surface area contributed by atoms with E-state index in [4.69, 9.17) is 10.4 Å². The summed E-state index contributed by atoms with van der Waals surface area (Å²) in [5.74, 6) is -1.21. The van der Waals surface area contributed by atoms with Gasteiger partial charge in [0.25, 0.3) is 0 Å². The molecule has 0 unspecified atom stereocenters. The Bertz CT molecular complexity index is 347. The molecule has 0 amide bonds. The molecule has 1 N–H and O–H groups in total. The number of aliphatic carboxylic acids is 1. The molecule has 14 heavy (non-hydrogen) atoms. The Labute approximate surface area is 83.4 Å². The van der Waals surface area contributed by atoms with Crippen LogP contribution in [-0.2, 0) is 4.79 Å². The van der Waals surface area contributed by atoms with E-state index in [1.165, 1.54) is 6.08 Å². The summed E-state index contributed by atoms with van der Waals surface area (Å²) in [4.78, 5) is 10.8. The molecule has 0 bridgehead atoms. The van der Waals surface area contributed by atoms with Crippen LogP contribution in [0.4, 0.5) is 0 Å². The highest BCUT2D eigenvalue weighted by molar-refractivity contribution is 5.76. The van der Waals surface area contributed by atoms with Crippen molar-refractivity contribution in [1.82, 2.24) is 0 Å². The topological polar surface area (TPSA) is 61.1 Å². The van der Waals surface area contributed by atoms with Crippen molar-refractivity contribution >= 4 is 5.97 Å². The Morgan fingerprint density at radius 3 is 2.50 bits per heavy atom. The number of hydrogen-bond donors (Lipinski definition) is 1. The van der Waals surface area contributed by atoms with Crippen molar-refractivity contribution in [1.29, 1.82) is 5.26 Å². The Balaban J connectivity index is 2.85. The second kappa shape index (κ2) is 3.30. The number of hydrogen-bond acceptors (Lipinski definition) is 2. The van der Waals surface area contributed by atoms with E-state index in [0.717, 1.165) is 0 Å². The predicted octanol–water partition coefficient (Wildman–Crippen LogP) is 1.98. The van der Waals surface area contributed by atoms with Gasteiger partial charge in [-0.25, -0.2) is 0 Å². The molecule has 0 heterocycles. The number of rotatable bonds is 3. The standard InChI is InChI=1S/C11H13NO2/c1-4-7(6-12)5-8-9(10(13)14)11(8,2)3/h4-5,8-9H,1H2,2-3H3,(H,13,14)/b7-5-/t8-,9+/m1/s1.